The number of aromatic nitrogens is 2. The average molecular weight is 318 g/mol. The number of nitro groups is 1. The molecule has 2 aromatic rings. The lowest BCUT2D eigenvalue weighted by molar-refractivity contribution is -0.384. The lowest BCUT2D eigenvalue weighted by Gasteiger charge is -2.14. The van der Waals surface area contributed by atoms with Crippen LogP contribution in [0, 0.1) is 10.1 Å². The number of hydrogen-bond acceptors (Lipinski definition) is 6. The minimum Gasteiger partial charge on any atom is -0.370 e. The van der Waals surface area contributed by atoms with E-state index in [0.717, 1.165) is 0 Å². The van der Waals surface area contributed by atoms with Crippen molar-refractivity contribution in [3.05, 3.63) is 44.7 Å². The Morgan fingerprint density at radius 1 is 1.43 bits per heavy atom. The molecule has 0 aliphatic carbocycles. The second-order valence-corrected chi connectivity index (χ2v) is 5.00. The van der Waals surface area contributed by atoms with E-state index in [1.165, 1.54) is 11.3 Å². The second-order valence-electron chi connectivity index (χ2n) is 4.08. The van der Waals surface area contributed by atoms with Gasteiger partial charge in [0.15, 0.2) is 0 Å². The van der Waals surface area contributed by atoms with E-state index in [2.05, 4.69) is 15.3 Å². The first-order valence-corrected chi connectivity index (χ1v) is 6.54. The lowest BCUT2D eigenvalue weighted by atomic mass is 10.2. The van der Waals surface area contributed by atoms with Gasteiger partial charge in [-0.25, -0.2) is 9.97 Å². The van der Waals surface area contributed by atoms with Gasteiger partial charge in [0.1, 0.15) is 22.6 Å². The van der Waals surface area contributed by atoms with Crippen LogP contribution in [0.25, 0.3) is 0 Å². The first-order valence-electron chi connectivity index (χ1n) is 5.66. The van der Waals surface area contributed by atoms with Crippen molar-refractivity contribution in [1.29, 1.82) is 0 Å². The van der Waals surface area contributed by atoms with Crippen molar-refractivity contribution in [1.82, 2.24) is 9.97 Å². The van der Waals surface area contributed by atoms with Crippen molar-refractivity contribution < 1.29 is 18.1 Å². The number of nitrogens with zero attached hydrogens (tertiary/aromatic N) is 3. The Balaban J connectivity index is 2.37. The molecule has 2 heterocycles. The molecule has 6 nitrogen and oxygen atoms in total. The van der Waals surface area contributed by atoms with Crippen LogP contribution < -0.4 is 5.32 Å². The first kappa shape index (κ1) is 15.2. The SMILES string of the molecule is CC(Nc1cc(C(F)(F)F)ncc1[N+](=O)[O-])c1nccs1. The van der Waals surface area contributed by atoms with Gasteiger partial charge >= 0.3 is 11.9 Å². The van der Waals surface area contributed by atoms with Crippen LogP contribution in [0.1, 0.15) is 23.7 Å². The van der Waals surface area contributed by atoms with Gasteiger partial charge in [0.25, 0.3) is 0 Å². The molecule has 0 saturated heterocycles. The van der Waals surface area contributed by atoms with Crippen LogP contribution in [0.5, 0.6) is 0 Å². The summed E-state index contributed by atoms with van der Waals surface area (Å²) in [5.74, 6) is 0. The van der Waals surface area contributed by atoms with E-state index in [1.54, 1.807) is 18.5 Å². The maximum atomic E-state index is 12.6. The molecule has 1 unspecified atom stereocenters. The molecular weight excluding hydrogens is 309 g/mol. The zero-order chi connectivity index (χ0) is 15.6. The van der Waals surface area contributed by atoms with Gasteiger partial charge in [0, 0.05) is 11.6 Å². The molecule has 0 amide bonds. The van der Waals surface area contributed by atoms with Crippen molar-refractivity contribution in [2.24, 2.45) is 0 Å². The molecule has 0 radical (unpaired) electrons. The molecule has 0 saturated carbocycles. The standard InChI is InChI=1S/C11H9F3N4O2S/c1-6(10-15-2-3-21-10)17-7-4-9(11(12,13)14)16-5-8(7)18(19)20/h2-6H,1H3,(H,16,17). The summed E-state index contributed by atoms with van der Waals surface area (Å²) in [6.45, 7) is 1.65. The number of nitrogens with one attached hydrogen (secondary N) is 1. The summed E-state index contributed by atoms with van der Waals surface area (Å²) in [7, 11) is 0. The van der Waals surface area contributed by atoms with Crippen molar-refractivity contribution in [3.8, 4) is 0 Å². The second kappa shape index (κ2) is 5.64. The van der Waals surface area contributed by atoms with Crippen molar-refractivity contribution in [2.45, 2.75) is 19.1 Å². The minimum absolute atomic E-state index is 0.245. The van der Waals surface area contributed by atoms with E-state index >= 15 is 0 Å². The highest BCUT2D eigenvalue weighted by Crippen LogP contribution is 2.34. The molecule has 0 aliphatic heterocycles. The lowest BCUT2D eigenvalue weighted by Crippen LogP contribution is -2.12. The quantitative estimate of drug-likeness (QED) is 0.687. The van der Waals surface area contributed by atoms with E-state index in [4.69, 9.17) is 0 Å². The maximum absolute atomic E-state index is 12.6. The smallest absolute Gasteiger partial charge is 0.370 e. The fourth-order valence-corrected chi connectivity index (χ4v) is 2.25. The predicted octanol–water partition coefficient (Wildman–Crippen LogP) is 3.64. The van der Waals surface area contributed by atoms with Gasteiger partial charge in [-0.3, -0.25) is 10.1 Å². The predicted molar refractivity (Wildman–Crippen MR) is 70.0 cm³/mol. The molecule has 1 atom stereocenters. The van der Waals surface area contributed by atoms with Crippen LogP contribution in [-0.2, 0) is 6.18 Å². The monoisotopic (exact) mass is 318 g/mol. The highest BCUT2D eigenvalue weighted by atomic mass is 32.1. The van der Waals surface area contributed by atoms with Gasteiger partial charge in [-0.2, -0.15) is 13.2 Å². The van der Waals surface area contributed by atoms with Crippen LogP contribution in [0.15, 0.2) is 23.8 Å². The molecule has 10 heteroatoms. The number of hydrogen-bond donors (Lipinski definition) is 1. The first-order chi connectivity index (χ1) is 9.79. The Bertz CT molecular complexity index is 645. The molecule has 112 valence electrons. The Hall–Kier alpha value is -2.23. The van der Waals surface area contributed by atoms with E-state index in [1.807, 2.05) is 0 Å². The van der Waals surface area contributed by atoms with Crippen LogP contribution in [-0.4, -0.2) is 14.9 Å². The van der Waals surface area contributed by atoms with Gasteiger partial charge in [0.05, 0.1) is 11.0 Å². The molecule has 1 N–H and O–H groups in total. The van der Waals surface area contributed by atoms with Gasteiger partial charge in [-0.1, -0.05) is 0 Å². The Morgan fingerprint density at radius 3 is 2.67 bits per heavy atom. The third-order valence-corrected chi connectivity index (χ3v) is 3.52. The van der Waals surface area contributed by atoms with Gasteiger partial charge < -0.3 is 5.32 Å². The highest BCUT2D eigenvalue weighted by Gasteiger charge is 2.34. The largest absolute Gasteiger partial charge is 0.433 e. The summed E-state index contributed by atoms with van der Waals surface area (Å²) in [6, 6.07) is 0.162. The molecule has 21 heavy (non-hydrogen) atoms. The summed E-state index contributed by atoms with van der Waals surface area (Å²) >= 11 is 1.29. The van der Waals surface area contributed by atoms with Crippen LogP contribution in [0.4, 0.5) is 24.5 Å². The summed E-state index contributed by atoms with van der Waals surface area (Å²) in [5.41, 5.74) is -1.96. The van der Waals surface area contributed by atoms with Gasteiger partial charge in [-0.05, 0) is 13.0 Å². The van der Waals surface area contributed by atoms with E-state index in [0.29, 0.717) is 17.3 Å². The summed E-state index contributed by atoms with van der Waals surface area (Å²) in [4.78, 5) is 17.2. The average Bonchev–Trinajstić information content (AvgIpc) is 2.91. The normalized spacial score (nSPS) is 13.0. The minimum atomic E-state index is -4.67. The fraction of sp³-hybridized carbons (Fsp3) is 0.273. The van der Waals surface area contributed by atoms with Crippen LogP contribution in [0.2, 0.25) is 0 Å². The molecule has 2 aromatic heterocycles. The molecule has 0 spiro atoms. The van der Waals surface area contributed by atoms with Crippen LogP contribution >= 0.6 is 11.3 Å². The summed E-state index contributed by atoms with van der Waals surface area (Å²) in [6.07, 6.45) is -2.53. The number of alkyl halides is 3. The molecule has 0 aromatic carbocycles. The number of rotatable bonds is 4. The topological polar surface area (TPSA) is 81.0 Å². The zero-order valence-corrected chi connectivity index (χ0v) is 11.4. The molecule has 0 fully saturated rings. The Morgan fingerprint density at radius 2 is 2.14 bits per heavy atom. The van der Waals surface area contributed by atoms with E-state index in [9.17, 15) is 23.3 Å². The van der Waals surface area contributed by atoms with Crippen molar-refractivity contribution in [3.63, 3.8) is 0 Å². The number of pyridine rings is 1. The van der Waals surface area contributed by atoms with Crippen molar-refractivity contribution in [2.75, 3.05) is 5.32 Å². The third kappa shape index (κ3) is 3.45. The zero-order valence-electron chi connectivity index (χ0n) is 10.6. The highest BCUT2D eigenvalue weighted by molar-refractivity contribution is 7.09. The van der Waals surface area contributed by atoms with Gasteiger partial charge in [0.2, 0.25) is 0 Å². The Kier molecular flexibility index (Phi) is 4.07. The number of anilines is 1. The maximum Gasteiger partial charge on any atom is 0.433 e. The van der Waals surface area contributed by atoms with Crippen molar-refractivity contribution >= 4 is 22.7 Å². The summed E-state index contributed by atoms with van der Waals surface area (Å²) in [5, 5.41) is 15.9. The van der Waals surface area contributed by atoms with E-state index in [-0.39, 0.29) is 5.69 Å². The fourth-order valence-electron chi connectivity index (χ4n) is 1.61. The Labute approximate surface area is 120 Å². The third-order valence-electron chi connectivity index (χ3n) is 2.56. The molecule has 2 rings (SSSR count). The van der Waals surface area contributed by atoms with Crippen LogP contribution in [0.3, 0.4) is 0 Å². The molecule has 0 bridgehead atoms. The molecular formula is C11H9F3N4O2S. The number of halogens is 3. The summed E-state index contributed by atoms with van der Waals surface area (Å²) < 4.78 is 37.9. The number of thiazole rings is 1. The molecule has 0 aliphatic rings. The van der Waals surface area contributed by atoms with E-state index < -0.39 is 28.5 Å². The van der Waals surface area contributed by atoms with Gasteiger partial charge in [-0.15, -0.1) is 11.3 Å².